The summed E-state index contributed by atoms with van der Waals surface area (Å²) in [6.07, 6.45) is -6.18. The van der Waals surface area contributed by atoms with Gasteiger partial charge in [0.25, 0.3) is 6.43 Å². The van der Waals surface area contributed by atoms with Crippen LogP contribution >= 0.6 is 0 Å². The van der Waals surface area contributed by atoms with E-state index in [0.717, 1.165) is 5.56 Å². The monoisotopic (exact) mass is 395 g/mol. The van der Waals surface area contributed by atoms with Crippen LogP contribution in [0.25, 0.3) is 0 Å². The van der Waals surface area contributed by atoms with Crippen LogP contribution in [0, 0.1) is 0 Å². The summed E-state index contributed by atoms with van der Waals surface area (Å²) in [7, 11) is 0. The summed E-state index contributed by atoms with van der Waals surface area (Å²) >= 11 is 0. The molecule has 0 radical (unpaired) electrons. The van der Waals surface area contributed by atoms with Crippen LogP contribution in [-0.4, -0.2) is 40.4 Å². The van der Waals surface area contributed by atoms with E-state index < -0.39 is 36.6 Å². The van der Waals surface area contributed by atoms with Gasteiger partial charge in [-0.2, -0.15) is 13.2 Å². The van der Waals surface area contributed by atoms with Gasteiger partial charge >= 0.3 is 12.1 Å². The summed E-state index contributed by atoms with van der Waals surface area (Å²) in [5, 5.41) is 18.4. The van der Waals surface area contributed by atoms with Crippen LogP contribution in [0.3, 0.4) is 0 Å². The van der Waals surface area contributed by atoms with Crippen LogP contribution in [0.15, 0.2) is 36.4 Å². The van der Waals surface area contributed by atoms with E-state index in [4.69, 9.17) is 10.8 Å². The van der Waals surface area contributed by atoms with E-state index in [2.05, 4.69) is 0 Å². The summed E-state index contributed by atoms with van der Waals surface area (Å²) < 4.78 is 62.4. The SMILES string of the molecule is NC(C(=O)O)(C(F)F)C(O)CC/C=C/CCc1ccc(CC(F)(F)F)cc1. The van der Waals surface area contributed by atoms with Gasteiger partial charge in [-0.25, -0.2) is 13.6 Å². The Bertz CT molecular complexity index is 631. The van der Waals surface area contributed by atoms with Crippen molar-refractivity contribution in [2.45, 2.75) is 56.3 Å². The smallest absolute Gasteiger partial charge is 0.393 e. The molecule has 0 aliphatic heterocycles. The third-order valence-corrected chi connectivity index (χ3v) is 4.08. The average molecular weight is 395 g/mol. The van der Waals surface area contributed by atoms with Crippen LogP contribution < -0.4 is 5.73 Å². The van der Waals surface area contributed by atoms with Crippen LogP contribution in [0.5, 0.6) is 0 Å². The Kier molecular flexibility index (Phi) is 8.36. The van der Waals surface area contributed by atoms with Crippen molar-refractivity contribution in [1.82, 2.24) is 0 Å². The van der Waals surface area contributed by atoms with Gasteiger partial charge in [-0.3, -0.25) is 0 Å². The lowest BCUT2D eigenvalue weighted by Crippen LogP contribution is -2.62. The first-order valence-electron chi connectivity index (χ1n) is 8.25. The lowest BCUT2D eigenvalue weighted by Gasteiger charge is -2.28. The molecule has 2 atom stereocenters. The fraction of sp³-hybridized carbons (Fsp3) is 0.500. The molecular weight excluding hydrogens is 373 g/mol. The molecule has 0 heterocycles. The number of carboxylic acid groups (broad SMARTS) is 1. The molecule has 1 rings (SSSR count). The van der Waals surface area contributed by atoms with E-state index in [1.54, 1.807) is 24.3 Å². The molecule has 0 aliphatic rings. The van der Waals surface area contributed by atoms with E-state index in [1.807, 2.05) is 0 Å². The molecular formula is C18H22F5NO3. The number of aryl methyl sites for hydroxylation is 1. The largest absolute Gasteiger partial charge is 0.480 e. The van der Waals surface area contributed by atoms with Crippen molar-refractivity contribution in [1.29, 1.82) is 0 Å². The number of nitrogens with two attached hydrogens (primary N) is 1. The second-order valence-corrected chi connectivity index (χ2v) is 6.25. The fourth-order valence-electron chi connectivity index (χ4n) is 2.42. The Hall–Kier alpha value is -2.00. The highest BCUT2D eigenvalue weighted by molar-refractivity contribution is 5.80. The number of carboxylic acids is 1. The number of hydrogen-bond donors (Lipinski definition) is 3. The predicted molar refractivity (Wildman–Crippen MR) is 89.5 cm³/mol. The van der Waals surface area contributed by atoms with Gasteiger partial charge in [-0.05, 0) is 36.8 Å². The van der Waals surface area contributed by atoms with E-state index >= 15 is 0 Å². The third kappa shape index (κ3) is 7.26. The Morgan fingerprint density at radius 2 is 1.59 bits per heavy atom. The number of carbonyl (C=O) groups is 1. The Morgan fingerprint density at radius 3 is 2.07 bits per heavy atom. The van der Waals surface area contributed by atoms with Gasteiger partial charge in [-0.15, -0.1) is 0 Å². The lowest BCUT2D eigenvalue weighted by molar-refractivity contribution is -0.157. The summed E-state index contributed by atoms with van der Waals surface area (Å²) in [5.41, 5.74) is 3.11. The van der Waals surface area contributed by atoms with Crippen molar-refractivity contribution in [2.24, 2.45) is 5.73 Å². The first-order valence-corrected chi connectivity index (χ1v) is 8.25. The molecule has 27 heavy (non-hydrogen) atoms. The van der Waals surface area contributed by atoms with Crippen molar-refractivity contribution >= 4 is 5.97 Å². The number of alkyl halides is 5. The predicted octanol–water partition coefficient (Wildman–Crippen LogP) is 3.47. The van der Waals surface area contributed by atoms with Crippen LogP contribution in [0.1, 0.15) is 30.4 Å². The first kappa shape index (κ1) is 23.0. The maximum absolute atomic E-state index is 12.8. The van der Waals surface area contributed by atoms with Gasteiger partial charge in [0.2, 0.25) is 5.54 Å². The minimum absolute atomic E-state index is 0.157. The molecule has 4 N–H and O–H groups in total. The molecule has 1 aromatic rings. The zero-order chi connectivity index (χ0) is 20.7. The summed E-state index contributed by atoms with van der Waals surface area (Å²) in [4.78, 5) is 10.9. The molecule has 1 aromatic carbocycles. The molecule has 0 aromatic heterocycles. The Morgan fingerprint density at radius 1 is 1.07 bits per heavy atom. The number of aliphatic hydroxyl groups is 1. The molecule has 9 heteroatoms. The molecule has 0 aliphatic carbocycles. The van der Waals surface area contributed by atoms with Gasteiger partial charge in [0.15, 0.2) is 0 Å². The molecule has 0 fully saturated rings. The molecule has 0 spiro atoms. The van der Waals surface area contributed by atoms with Crippen LogP contribution in [0.2, 0.25) is 0 Å². The Balaban J connectivity index is 2.40. The van der Waals surface area contributed by atoms with Crippen LogP contribution in [0.4, 0.5) is 22.0 Å². The van der Waals surface area contributed by atoms with E-state index in [9.17, 15) is 31.9 Å². The van der Waals surface area contributed by atoms with Crippen molar-refractivity contribution in [3.8, 4) is 0 Å². The number of hydrogen-bond acceptors (Lipinski definition) is 3. The standard InChI is InChI=1S/C18H22F5NO3/c19-15(20)18(24,16(26)27)14(25)6-4-2-1-3-5-12-7-9-13(10-8-12)11-17(21,22)23/h1-2,7-10,14-15,25H,3-6,11,24H2,(H,26,27)/b2-1+. The summed E-state index contributed by atoms with van der Waals surface area (Å²) in [6.45, 7) is 0. The van der Waals surface area contributed by atoms with Crippen molar-refractivity contribution in [3.63, 3.8) is 0 Å². The third-order valence-electron chi connectivity index (χ3n) is 4.08. The zero-order valence-corrected chi connectivity index (χ0v) is 14.4. The van der Waals surface area contributed by atoms with Gasteiger partial charge in [0, 0.05) is 0 Å². The number of aliphatic carboxylic acids is 1. The van der Waals surface area contributed by atoms with Gasteiger partial charge < -0.3 is 15.9 Å². The van der Waals surface area contributed by atoms with Gasteiger partial charge in [-0.1, -0.05) is 36.4 Å². The number of allylic oxidation sites excluding steroid dienone is 2. The molecule has 0 amide bonds. The summed E-state index contributed by atoms with van der Waals surface area (Å²) in [5.74, 6) is -1.97. The van der Waals surface area contributed by atoms with Crippen molar-refractivity contribution in [2.75, 3.05) is 0 Å². The number of aliphatic hydroxyl groups excluding tert-OH is 1. The van der Waals surface area contributed by atoms with E-state index in [0.29, 0.717) is 12.8 Å². The minimum Gasteiger partial charge on any atom is -0.480 e. The molecule has 152 valence electrons. The number of rotatable bonds is 10. The second kappa shape index (κ2) is 9.80. The molecule has 0 bridgehead atoms. The lowest BCUT2D eigenvalue weighted by atomic mass is 9.91. The summed E-state index contributed by atoms with van der Waals surface area (Å²) in [6, 6.07) is 6.05. The fourth-order valence-corrected chi connectivity index (χ4v) is 2.42. The van der Waals surface area contributed by atoms with Gasteiger partial charge in [0.05, 0.1) is 12.5 Å². The zero-order valence-electron chi connectivity index (χ0n) is 14.4. The molecule has 4 nitrogen and oxygen atoms in total. The number of halogens is 5. The second-order valence-electron chi connectivity index (χ2n) is 6.25. The maximum Gasteiger partial charge on any atom is 0.393 e. The highest BCUT2D eigenvalue weighted by Gasteiger charge is 2.49. The molecule has 0 saturated heterocycles. The molecule has 0 saturated carbocycles. The highest BCUT2D eigenvalue weighted by atomic mass is 19.4. The quantitative estimate of drug-likeness (QED) is 0.419. The van der Waals surface area contributed by atoms with Crippen molar-refractivity contribution < 1.29 is 37.0 Å². The van der Waals surface area contributed by atoms with Crippen molar-refractivity contribution in [3.05, 3.63) is 47.5 Å². The number of benzene rings is 1. The van der Waals surface area contributed by atoms with Crippen LogP contribution in [-0.2, 0) is 17.6 Å². The van der Waals surface area contributed by atoms with E-state index in [1.165, 1.54) is 12.1 Å². The van der Waals surface area contributed by atoms with E-state index in [-0.39, 0.29) is 18.4 Å². The highest BCUT2D eigenvalue weighted by Crippen LogP contribution is 2.22. The normalized spacial score (nSPS) is 15.9. The Labute approximate surface area is 153 Å². The first-order chi connectivity index (χ1) is 12.5. The van der Waals surface area contributed by atoms with Gasteiger partial charge in [0.1, 0.15) is 0 Å². The topological polar surface area (TPSA) is 83.6 Å². The average Bonchev–Trinajstić information content (AvgIpc) is 2.56. The maximum atomic E-state index is 12.8. The molecule has 2 unspecified atom stereocenters. The minimum atomic E-state index is -4.25.